The van der Waals surface area contributed by atoms with Crippen molar-refractivity contribution < 1.29 is 4.79 Å². The summed E-state index contributed by atoms with van der Waals surface area (Å²) in [7, 11) is 0. The summed E-state index contributed by atoms with van der Waals surface area (Å²) in [5.41, 5.74) is 2.32. The van der Waals surface area contributed by atoms with Crippen LogP contribution in [0.4, 0.5) is 0 Å². The Morgan fingerprint density at radius 3 is 2.65 bits per heavy atom. The van der Waals surface area contributed by atoms with E-state index in [0.717, 1.165) is 22.9 Å². The third-order valence-corrected chi connectivity index (χ3v) is 5.86. The zero-order chi connectivity index (χ0) is 16.7. The normalized spacial score (nSPS) is 12.3. The minimum Gasteiger partial charge on any atom is -0.355 e. The van der Waals surface area contributed by atoms with Gasteiger partial charge in [-0.15, -0.1) is 23.1 Å². The van der Waals surface area contributed by atoms with E-state index in [9.17, 15) is 4.79 Å². The van der Waals surface area contributed by atoms with E-state index < -0.39 is 0 Å². The molecular formula is C18H24N2OS2. The molecule has 0 fully saturated rings. The van der Waals surface area contributed by atoms with E-state index in [0.29, 0.717) is 12.5 Å². The number of benzene rings is 1. The second kappa shape index (κ2) is 9.08. The maximum atomic E-state index is 12.1. The summed E-state index contributed by atoms with van der Waals surface area (Å²) in [6.45, 7) is 6.91. The molecule has 0 aliphatic rings. The molecule has 2 aromatic rings. The lowest BCUT2D eigenvalue weighted by atomic mass is 10.2. The van der Waals surface area contributed by atoms with Crippen molar-refractivity contribution in [2.75, 3.05) is 6.54 Å². The number of aromatic nitrogens is 1. The van der Waals surface area contributed by atoms with Crippen molar-refractivity contribution in [3.63, 3.8) is 0 Å². The molecule has 1 N–H and O–H groups in total. The fourth-order valence-electron chi connectivity index (χ4n) is 2.03. The molecule has 0 unspecified atom stereocenters. The average molecular weight is 349 g/mol. The number of rotatable bonds is 8. The summed E-state index contributed by atoms with van der Waals surface area (Å²) >= 11 is 3.37. The van der Waals surface area contributed by atoms with Gasteiger partial charge in [0.25, 0.3) is 0 Å². The number of carbonyl (C=O) groups is 1. The van der Waals surface area contributed by atoms with Crippen LogP contribution in [0.15, 0.2) is 35.7 Å². The number of nitrogens with one attached hydrogen (secondary N) is 1. The molecule has 0 aliphatic heterocycles. The van der Waals surface area contributed by atoms with Crippen LogP contribution in [0.25, 0.3) is 0 Å². The van der Waals surface area contributed by atoms with Crippen LogP contribution in [0.1, 0.15) is 43.0 Å². The lowest BCUT2D eigenvalue weighted by Crippen LogP contribution is -2.32. The second-order valence-corrected chi connectivity index (χ2v) is 8.03. The Labute approximate surface area is 146 Å². The van der Waals surface area contributed by atoms with Gasteiger partial charge in [0.2, 0.25) is 5.91 Å². The Kier molecular flexibility index (Phi) is 7.12. The second-order valence-electron chi connectivity index (χ2n) is 5.81. The lowest BCUT2D eigenvalue weighted by Gasteiger charge is -2.11. The van der Waals surface area contributed by atoms with Crippen molar-refractivity contribution in [3.05, 3.63) is 52.0 Å². The summed E-state index contributed by atoms with van der Waals surface area (Å²) in [4.78, 5) is 16.7. The van der Waals surface area contributed by atoms with Gasteiger partial charge in [-0.05, 0) is 12.5 Å². The van der Waals surface area contributed by atoms with Gasteiger partial charge in [0, 0.05) is 30.0 Å². The highest BCUT2D eigenvalue weighted by Gasteiger charge is 2.13. The summed E-state index contributed by atoms with van der Waals surface area (Å²) < 4.78 is 0. The smallest absolute Gasteiger partial charge is 0.232 e. The molecule has 1 atom stereocenters. The molecular weight excluding hydrogens is 324 g/mol. The molecule has 0 bridgehead atoms. The maximum absolute atomic E-state index is 12.1. The molecule has 0 saturated heterocycles. The van der Waals surface area contributed by atoms with Crippen LogP contribution in [-0.4, -0.2) is 22.7 Å². The van der Waals surface area contributed by atoms with E-state index in [2.05, 4.69) is 41.7 Å². The number of thiazole rings is 1. The third-order valence-electron chi connectivity index (χ3n) is 3.46. The van der Waals surface area contributed by atoms with Crippen molar-refractivity contribution in [1.29, 1.82) is 0 Å². The number of thioether (sulfide) groups is 1. The van der Waals surface area contributed by atoms with Gasteiger partial charge in [0.15, 0.2) is 0 Å². The highest BCUT2D eigenvalue weighted by molar-refractivity contribution is 7.99. The first-order valence-corrected chi connectivity index (χ1v) is 9.86. The molecule has 1 heterocycles. The third kappa shape index (κ3) is 5.99. The average Bonchev–Trinajstić information content (AvgIpc) is 3.02. The molecule has 5 heteroatoms. The van der Waals surface area contributed by atoms with Crippen LogP contribution in [0.5, 0.6) is 0 Å². The number of carbonyl (C=O) groups excluding carboxylic acids is 1. The molecule has 1 aromatic carbocycles. The van der Waals surface area contributed by atoms with E-state index in [1.807, 2.05) is 25.1 Å². The van der Waals surface area contributed by atoms with Gasteiger partial charge in [0.05, 0.1) is 16.0 Å². The zero-order valence-electron chi connectivity index (χ0n) is 13.9. The van der Waals surface area contributed by atoms with Gasteiger partial charge in [-0.3, -0.25) is 4.79 Å². The Morgan fingerprint density at radius 2 is 2.00 bits per heavy atom. The standard InChI is InChI=1S/C18H24N2OS2/c1-13(2)18-20-16(12-23-18)9-10-19-17(21)14(3)22-11-15-7-5-4-6-8-15/h4-8,12-14H,9-11H2,1-3H3,(H,19,21)/t14-/m0/s1. The molecule has 2 rings (SSSR count). The van der Waals surface area contributed by atoms with Gasteiger partial charge in [0.1, 0.15) is 0 Å². The Morgan fingerprint density at radius 1 is 1.26 bits per heavy atom. The van der Waals surface area contributed by atoms with Crippen LogP contribution < -0.4 is 5.32 Å². The minimum absolute atomic E-state index is 0.0446. The van der Waals surface area contributed by atoms with Crippen LogP contribution in [0, 0.1) is 0 Å². The maximum Gasteiger partial charge on any atom is 0.232 e. The Bertz CT molecular complexity index is 610. The quantitative estimate of drug-likeness (QED) is 0.775. The highest BCUT2D eigenvalue weighted by Crippen LogP contribution is 2.19. The first kappa shape index (κ1) is 18.0. The molecule has 3 nitrogen and oxygen atoms in total. The molecule has 1 amide bonds. The molecule has 0 saturated carbocycles. The lowest BCUT2D eigenvalue weighted by molar-refractivity contribution is -0.120. The minimum atomic E-state index is -0.0446. The first-order valence-electron chi connectivity index (χ1n) is 7.93. The molecule has 23 heavy (non-hydrogen) atoms. The van der Waals surface area contributed by atoms with E-state index in [-0.39, 0.29) is 11.2 Å². The van der Waals surface area contributed by atoms with E-state index in [1.54, 1.807) is 23.1 Å². The van der Waals surface area contributed by atoms with Gasteiger partial charge >= 0.3 is 0 Å². The predicted molar refractivity (Wildman–Crippen MR) is 100 cm³/mol. The monoisotopic (exact) mass is 348 g/mol. The van der Waals surface area contributed by atoms with Crippen molar-refractivity contribution in [3.8, 4) is 0 Å². The topological polar surface area (TPSA) is 42.0 Å². The Hall–Kier alpha value is -1.33. The van der Waals surface area contributed by atoms with E-state index in [1.165, 1.54) is 5.56 Å². The molecule has 0 spiro atoms. The molecule has 0 aliphatic carbocycles. The largest absolute Gasteiger partial charge is 0.355 e. The molecule has 1 aromatic heterocycles. The van der Waals surface area contributed by atoms with Gasteiger partial charge in [-0.2, -0.15) is 0 Å². The van der Waals surface area contributed by atoms with Gasteiger partial charge in [-0.1, -0.05) is 44.2 Å². The number of hydrogen-bond acceptors (Lipinski definition) is 4. The van der Waals surface area contributed by atoms with Gasteiger partial charge < -0.3 is 5.32 Å². The van der Waals surface area contributed by atoms with Crippen molar-refractivity contribution in [1.82, 2.24) is 10.3 Å². The van der Waals surface area contributed by atoms with Crippen LogP contribution in [0.2, 0.25) is 0 Å². The number of amides is 1. The predicted octanol–water partition coefficient (Wildman–Crippen LogP) is 4.25. The summed E-state index contributed by atoms with van der Waals surface area (Å²) in [6, 6.07) is 10.2. The summed E-state index contributed by atoms with van der Waals surface area (Å²) in [6.07, 6.45) is 0.797. The van der Waals surface area contributed by atoms with Gasteiger partial charge in [-0.25, -0.2) is 4.98 Å². The van der Waals surface area contributed by atoms with E-state index in [4.69, 9.17) is 0 Å². The number of hydrogen-bond donors (Lipinski definition) is 1. The van der Waals surface area contributed by atoms with Crippen molar-refractivity contribution in [2.24, 2.45) is 0 Å². The van der Waals surface area contributed by atoms with Crippen LogP contribution >= 0.6 is 23.1 Å². The van der Waals surface area contributed by atoms with Crippen LogP contribution in [-0.2, 0) is 17.0 Å². The SMILES string of the molecule is CC(C)c1nc(CCNC(=O)[C@H](C)SCc2ccccc2)cs1. The van der Waals surface area contributed by atoms with Crippen LogP contribution in [0.3, 0.4) is 0 Å². The summed E-state index contributed by atoms with van der Waals surface area (Å²) in [5, 5.41) is 6.22. The molecule has 0 radical (unpaired) electrons. The highest BCUT2D eigenvalue weighted by atomic mass is 32.2. The number of nitrogens with zero attached hydrogens (tertiary/aromatic N) is 1. The van der Waals surface area contributed by atoms with Crippen molar-refractivity contribution in [2.45, 2.75) is 44.1 Å². The first-order chi connectivity index (χ1) is 11.1. The van der Waals surface area contributed by atoms with Crippen molar-refractivity contribution >= 4 is 29.0 Å². The fourth-order valence-corrected chi connectivity index (χ4v) is 3.77. The summed E-state index contributed by atoms with van der Waals surface area (Å²) in [5.74, 6) is 1.43. The fraction of sp³-hybridized carbons (Fsp3) is 0.444. The van der Waals surface area contributed by atoms with E-state index >= 15 is 0 Å². The zero-order valence-corrected chi connectivity index (χ0v) is 15.5. The molecule has 124 valence electrons. The Balaban J connectivity index is 1.69.